The summed E-state index contributed by atoms with van der Waals surface area (Å²) in [5, 5.41) is 4.27. The van der Waals surface area contributed by atoms with Crippen LogP contribution in [-0.4, -0.2) is 51.2 Å². The number of para-hydroxylation sites is 1. The molecule has 1 atom stereocenters. The molecule has 0 aliphatic carbocycles. The van der Waals surface area contributed by atoms with Crippen LogP contribution >= 0.6 is 0 Å². The molecule has 1 aliphatic heterocycles. The standard InChI is InChI=1S/C19H25FN4O/c1-14(2)11-23-9-8-22(15(3)19(23)25)12-16-10-21-24(13-16)18-7-5-4-6-17(18)20/h4-7,10,13-15H,8-9,11-12H2,1-3H3/t15-/m0/s1. The number of aromatic nitrogens is 2. The summed E-state index contributed by atoms with van der Waals surface area (Å²) in [4.78, 5) is 16.7. The lowest BCUT2D eigenvalue weighted by Gasteiger charge is -2.39. The number of amides is 1. The highest BCUT2D eigenvalue weighted by Gasteiger charge is 2.31. The fourth-order valence-corrected chi connectivity index (χ4v) is 3.26. The van der Waals surface area contributed by atoms with Crippen molar-refractivity contribution in [3.8, 4) is 5.69 Å². The Morgan fingerprint density at radius 2 is 2.04 bits per heavy atom. The van der Waals surface area contributed by atoms with Crippen molar-refractivity contribution in [1.82, 2.24) is 19.6 Å². The van der Waals surface area contributed by atoms with E-state index >= 15 is 0 Å². The SMILES string of the molecule is CC(C)CN1CCN(Cc2cnn(-c3ccccc3F)c2)[C@@H](C)C1=O. The number of hydrogen-bond acceptors (Lipinski definition) is 3. The first kappa shape index (κ1) is 17.6. The van der Waals surface area contributed by atoms with Crippen LogP contribution in [0.15, 0.2) is 36.7 Å². The first-order valence-electron chi connectivity index (χ1n) is 8.77. The molecule has 0 saturated carbocycles. The van der Waals surface area contributed by atoms with Crippen molar-refractivity contribution in [1.29, 1.82) is 0 Å². The zero-order chi connectivity index (χ0) is 18.0. The molecule has 1 amide bonds. The Labute approximate surface area is 148 Å². The van der Waals surface area contributed by atoms with Crippen LogP contribution in [0.4, 0.5) is 4.39 Å². The average molecular weight is 344 g/mol. The second-order valence-corrected chi connectivity index (χ2v) is 7.07. The van der Waals surface area contributed by atoms with E-state index in [1.54, 1.807) is 29.1 Å². The van der Waals surface area contributed by atoms with E-state index in [2.05, 4.69) is 23.8 Å². The number of halogens is 1. The zero-order valence-corrected chi connectivity index (χ0v) is 15.0. The van der Waals surface area contributed by atoms with Gasteiger partial charge in [0.05, 0.1) is 12.2 Å². The van der Waals surface area contributed by atoms with Gasteiger partial charge < -0.3 is 4.90 Å². The van der Waals surface area contributed by atoms with E-state index in [1.165, 1.54) is 6.07 Å². The van der Waals surface area contributed by atoms with Crippen molar-refractivity contribution < 1.29 is 9.18 Å². The van der Waals surface area contributed by atoms with Crippen molar-refractivity contribution in [3.05, 3.63) is 48.0 Å². The maximum atomic E-state index is 13.9. The summed E-state index contributed by atoms with van der Waals surface area (Å²) in [5.41, 5.74) is 1.40. The Balaban J connectivity index is 1.68. The predicted octanol–water partition coefficient (Wildman–Crippen LogP) is 2.70. The van der Waals surface area contributed by atoms with Crippen LogP contribution in [0, 0.1) is 11.7 Å². The quantitative estimate of drug-likeness (QED) is 0.837. The smallest absolute Gasteiger partial charge is 0.239 e. The summed E-state index contributed by atoms with van der Waals surface area (Å²) in [6, 6.07) is 6.42. The number of carbonyl (C=O) groups excluding carboxylic acids is 1. The first-order valence-corrected chi connectivity index (χ1v) is 8.77. The highest BCUT2D eigenvalue weighted by Crippen LogP contribution is 2.18. The van der Waals surface area contributed by atoms with E-state index in [9.17, 15) is 9.18 Å². The zero-order valence-electron chi connectivity index (χ0n) is 15.0. The van der Waals surface area contributed by atoms with Crippen LogP contribution < -0.4 is 0 Å². The maximum Gasteiger partial charge on any atom is 0.239 e. The van der Waals surface area contributed by atoms with E-state index in [0.29, 0.717) is 18.2 Å². The van der Waals surface area contributed by atoms with Crippen LogP contribution in [0.1, 0.15) is 26.3 Å². The molecule has 0 unspecified atom stereocenters. The molecule has 6 heteroatoms. The Bertz CT molecular complexity index is 743. The molecule has 2 heterocycles. The number of hydrogen-bond donors (Lipinski definition) is 0. The molecule has 25 heavy (non-hydrogen) atoms. The minimum atomic E-state index is -0.303. The first-order chi connectivity index (χ1) is 12.0. The highest BCUT2D eigenvalue weighted by atomic mass is 19.1. The second kappa shape index (κ2) is 7.35. The average Bonchev–Trinajstić information content (AvgIpc) is 3.03. The monoisotopic (exact) mass is 344 g/mol. The molecule has 1 aromatic heterocycles. The van der Waals surface area contributed by atoms with Crippen LogP contribution in [-0.2, 0) is 11.3 Å². The van der Waals surface area contributed by atoms with Crippen LogP contribution in [0.25, 0.3) is 5.69 Å². The van der Waals surface area contributed by atoms with Gasteiger partial charge in [0.25, 0.3) is 0 Å². The van der Waals surface area contributed by atoms with Gasteiger partial charge >= 0.3 is 0 Å². The molecule has 0 radical (unpaired) electrons. The van der Waals surface area contributed by atoms with E-state index in [-0.39, 0.29) is 17.8 Å². The Kier molecular flexibility index (Phi) is 5.18. The van der Waals surface area contributed by atoms with E-state index < -0.39 is 0 Å². The van der Waals surface area contributed by atoms with Gasteiger partial charge in [-0.05, 0) is 25.0 Å². The number of carbonyl (C=O) groups is 1. The lowest BCUT2D eigenvalue weighted by molar-refractivity contribution is -0.141. The summed E-state index contributed by atoms with van der Waals surface area (Å²) in [5.74, 6) is 0.353. The van der Waals surface area contributed by atoms with Crippen molar-refractivity contribution in [2.45, 2.75) is 33.4 Å². The molecule has 0 spiro atoms. The van der Waals surface area contributed by atoms with Gasteiger partial charge in [0.1, 0.15) is 11.5 Å². The van der Waals surface area contributed by atoms with E-state index in [0.717, 1.165) is 25.2 Å². The van der Waals surface area contributed by atoms with Gasteiger partial charge in [-0.15, -0.1) is 0 Å². The fraction of sp³-hybridized carbons (Fsp3) is 0.474. The number of benzene rings is 1. The molecule has 5 nitrogen and oxygen atoms in total. The maximum absolute atomic E-state index is 13.9. The van der Waals surface area contributed by atoms with Gasteiger partial charge in [-0.3, -0.25) is 9.69 Å². The van der Waals surface area contributed by atoms with Crippen LogP contribution in [0.3, 0.4) is 0 Å². The summed E-state index contributed by atoms with van der Waals surface area (Å²) < 4.78 is 15.4. The largest absolute Gasteiger partial charge is 0.340 e. The Morgan fingerprint density at radius 1 is 1.28 bits per heavy atom. The number of nitrogens with zero attached hydrogens (tertiary/aromatic N) is 4. The third kappa shape index (κ3) is 3.90. The third-order valence-electron chi connectivity index (χ3n) is 4.58. The summed E-state index contributed by atoms with van der Waals surface area (Å²) in [6.07, 6.45) is 3.57. The predicted molar refractivity (Wildman–Crippen MR) is 94.8 cm³/mol. The summed E-state index contributed by atoms with van der Waals surface area (Å²) in [7, 11) is 0. The molecule has 0 bridgehead atoms. The van der Waals surface area contributed by atoms with E-state index in [1.807, 2.05) is 18.0 Å². The van der Waals surface area contributed by atoms with Gasteiger partial charge in [0.15, 0.2) is 0 Å². The molecule has 1 aromatic carbocycles. The molecular formula is C19H25FN4O. The molecule has 1 saturated heterocycles. The molecule has 2 aromatic rings. The molecule has 134 valence electrons. The van der Waals surface area contributed by atoms with Gasteiger partial charge in [-0.2, -0.15) is 5.10 Å². The lowest BCUT2D eigenvalue weighted by Crippen LogP contribution is -2.56. The van der Waals surface area contributed by atoms with Crippen molar-refractivity contribution in [2.75, 3.05) is 19.6 Å². The Morgan fingerprint density at radius 3 is 2.76 bits per heavy atom. The van der Waals surface area contributed by atoms with E-state index in [4.69, 9.17) is 0 Å². The second-order valence-electron chi connectivity index (χ2n) is 7.07. The minimum Gasteiger partial charge on any atom is -0.340 e. The van der Waals surface area contributed by atoms with Crippen molar-refractivity contribution >= 4 is 5.91 Å². The minimum absolute atomic E-state index is 0.149. The third-order valence-corrected chi connectivity index (χ3v) is 4.58. The lowest BCUT2D eigenvalue weighted by atomic mass is 10.1. The molecule has 1 fully saturated rings. The molecule has 1 aliphatic rings. The fourth-order valence-electron chi connectivity index (χ4n) is 3.26. The van der Waals surface area contributed by atoms with Crippen LogP contribution in [0.2, 0.25) is 0 Å². The Hall–Kier alpha value is -2.21. The highest BCUT2D eigenvalue weighted by molar-refractivity contribution is 5.82. The summed E-state index contributed by atoms with van der Waals surface area (Å²) in [6.45, 7) is 9.24. The van der Waals surface area contributed by atoms with Gasteiger partial charge in [0.2, 0.25) is 5.91 Å². The number of rotatable bonds is 5. The number of piperazine rings is 1. The topological polar surface area (TPSA) is 41.4 Å². The van der Waals surface area contributed by atoms with Gasteiger partial charge in [-0.1, -0.05) is 26.0 Å². The van der Waals surface area contributed by atoms with Gasteiger partial charge in [-0.25, -0.2) is 9.07 Å². The molecule has 0 N–H and O–H groups in total. The molecule has 3 rings (SSSR count). The van der Waals surface area contributed by atoms with Crippen LogP contribution in [0.5, 0.6) is 0 Å². The summed E-state index contributed by atoms with van der Waals surface area (Å²) >= 11 is 0. The van der Waals surface area contributed by atoms with Crippen molar-refractivity contribution in [2.24, 2.45) is 5.92 Å². The van der Waals surface area contributed by atoms with Gasteiger partial charge in [0, 0.05) is 37.9 Å². The van der Waals surface area contributed by atoms with Crippen molar-refractivity contribution in [3.63, 3.8) is 0 Å². The normalized spacial score (nSPS) is 19.0. The molecular weight excluding hydrogens is 319 g/mol.